The van der Waals surface area contributed by atoms with Gasteiger partial charge in [-0.25, -0.2) is 14.2 Å². The first-order valence-electron chi connectivity index (χ1n) is 10.9. The zero-order valence-electron chi connectivity index (χ0n) is 18.6. The molecular weight excluding hydrogens is 494 g/mol. The number of carbonyl (C=O) groups is 2. The quantitative estimate of drug-likeness (QED) is 0.436. The maximum absolute atomic E-state index is 14.4. The van der Waals surface area contributed by atoms with Crippen molar-refractivity contribution in [2.45, 2.75) is 37.6 Å². The van der Waals surface area contributed by atoms with E-state index in [4.69, 9.17) is 16.3 Å². The molecule has 1 aromatic carbocycles. The Hall–Kier alpha value is -3.08. The number of nitrogens with zero attached hydrogens (tertiary/aromatic N) is 3. The van der Waals surface area contributed by atoms with Crippen LogP contribution in [0.4, 0.5) is 23.4 Å². The number of halogens is 5. The van der Waals surface area contributed by atoms with Crippen molar-refractivity contribution in [3.05, 3.63) is 52.4 Å². The highest BCUT2D eigenvalue weighted by Gasteiger charge is 2.39. The molecule has 2 aliphatic heterocycles. The van der Waals surface area contributed by atoms with Crippen LogP contribution in [0.5, 0.6) is 5.75 Å². The number of piperidine rings is 1. The fourth-order valence-electron chi connectivity index (χ4n) is 4.35. The second-order valence-corrected chi connectivity index (χ2v) is 8.72. The van der Waals surface area contributed by atoms with Gasteiger partial charge in [0.05, 0.1) is 23.3 Å². The minimum Gasteiger partial charge on any atom is -0.477 e. The average Bonchev–Trinajstić information content (AvgIpc) is 3.19. The molecule has 7 nitrogen and oxygen atoms in total. The number of esters is 1. The number of hydrogen-bond acceptors (Lipinski definition) is 6. The number of hydrogen-bond donors (Lipinski definition) is 0. The largest absolute Gasteiger partial charge is 0.477 e. The van der Waals surface area contributed by atoms with E-state index in [-0.39, 0.29) is 34.1 Å². The summed E-state index contributed by atoms with van der Waals surface area (Å²) in [6.45, 7) is 1.36. The fraction of sp³-hybridized carbons (Fsp3) is 0.435. The standard InChI is InChI=1S/C23H22ClF4N3O4/c1-34-22(33)13-2-3-18(17(25)10-13)35-19-6-9-31(21(19)32)15-4-7-30(8-5-15)20-16(24)11-14(12-29-20)23(26,27)28/h2-3,10-12,15,19H,4-9H2,1H3. The van der Waals surface area contributed by atoms with E-state index in [0.717, 1.165) is 18.3 Å². The summed E-state index contributed by atoms with van der Waals surface area (Å²) >= 11 is 6.06. The number of carbonyl (C=O) groups excluding carboxylic acids is 2. The van der Waals surface area contributed by atoms with Gasteiger partial charge in [0.1, 0.15) is 5.82 Å². The summed E-state index contributed by atoms with van der Waals surface area (Å²) < 4.78 is 63.1. The lowest BCUT2D eigenvalue weighted by atomic mass is 10.0. The minimum absolute atomic E-state index is 0.0334. The molecule has 0 saturated carbocycles. The molecule has 1 amide bonds. The molecule has 2 aromatic rings. The SMILES string of the molecule is COC(=O)c1ccc(OC2CCN(C3CCN(c4ncc(C(F)(F)F)cc4Cl)CC3)C2=O)c(F)c1. The van der Waals surface area contributed by atoms with E-state index >= 15 is 0 Å². The maximum atomic E-state index is 14.4. The summed E-state index contributed by atoms with van der Waals surface area (Å²) in [5, 5.41) is -0.0794. The summed E-state index contributed by atoms with van der Waals surface area (Å²) in [4.78, 5) is 31.9. The molecule has 12 heteroatoms. The van der Waals surface area contributed by atoms with Gasteiger partial charge in [-0.15, -0.1) is 0 Å². The van der Waals surface area contributed by atoms with Crippen LogP contribution in [0.1, 0.15) is 35.2 Å². The number of methoxy groups -OCH3 is 1. The van der Waals surface area contributed by atoms with Gasteiger partial charge in [0.2, 0.25) is 0 Å². The lowest BCUT2D eigenvalue weighted by Crippen LogP contribution is -2.47. The molecule has 188 valence electrons. The molecule has 3 heterocycles. The molecule has 2 saturated heterocycles. The third-order valence-corrected chi connectivity index (χ3v) is 6.44. The van der Waals surface area contributed by atoms with Crippen LogP contribution in [-0.2, 0) is 15.7 Å². The van der Waals surface area contributed by atoms with Gasteiger partial charge >= 0.3 is 12.1 Å². The lowest BCUT2D eigenvalue weighted by Gasteiger charge is -2.37. The average molecular weight is 516 g/mol. The number of alkyl halides is 3. The van der Waals surface area contributed by atoms with Crippen LogP contribution in [0.25, 0.3) is 0 Å². The zero-order chi connectivity index (χ0) is 25.3. The second-order valence-electron chi connectivity index (χ2n) is 8.31. The topological polar surface area (TPSA) is 72.0 Å². The molecule has 1 atom stereocenters. The van der Waals surface area contributed by atoms with Crippen molar-refractivity contribution in [2.24, 2.45) is 0 Å². The Labute approximate surface area is 203 Å². The highest BCUT2D eigenvalue weighted by molar-refractivity contribution is 6.33. The first-order chi connectivity index (χ1) is 16.6. The van der Waals surface area contributed by atoms with E-state index in [9.17, 15) is 27.2 Å². The van der Waals surface area contributed by atoms with Gasteiger partial charge in [0.25, 0.3) is 5.91 Å². The molecule has 2 aliphatic rings. The van der Waals surface area contributed by atoms with Gasteiger partial charge in [-0.3, -0.25) is 4.79 Å². The van der Waals surface area contributed by atoms with E-state index in [1.54, 1.807) is 9.80 Å². The Morgan fingerprint density at radius 3 is 2.46 bits per heavy atom. The molecule has 4 rings (SSSR count). The molecule has 2 fully saturated rings. The zero-order valence-corrected chi connectivity index (χ0v) is 19.4. The van der Waals surface area contributed by atoms with E-state index < -0.39 is 29.6 Å². The molecule has 35 heavy (non-hydrogen) atoms. The van der Waals surface area contributed by atoms with Gasteiger partial charge in [0, 0.05) is 38.3 Å². The summed E-state index contributed by atoms with van der Waals surface area (Å²) in [7, 11) is 1.19. The Morgan fingerprint density at radius 2 is 1.86 bits per heavy atom. The van der Waals surface area contributed by atoms with E-state index in [2.05, 4.69) is 9.72 Å². The number of likely N-dealkylation sites (tertiary alicyclic amines) is 1. The maximum Gasteiger partial charge on any atom is 0.417 e. The number of benzene rings is 1. The smallest absolute Gasteiger partial charge is 0.417 e. The van der Waals surface area contributed by atoms with Crippen LogP contribution in [0, 0.1) is 5.82 Å². The van der Waals surface area contributed by atoms with Gasteiger partial charge in [-0.1, -0.05) is 11.6 Å². The van der Waals surface area contributed by atoms with Crippen molar-refractivity contribution in [3.8, 4) is 5.75 Å². The minimum atomic E-state index is -4.52. The van der Waals surface area contributed by atoms with E-state index in [0.29, 0.717) is 38.9 Å². The predicted molar refractivity (Wildman–Crippen MR) is 118 cm³/mol. The molecule has 1 unspecified atom stereocenters. The summed E-state index contributed by atoms with van der Waals surface area (Å²) in [6, 6.07) is 4.41. The third-order valence-electron chi connectivity index (χ3n) is 6.17. The van der Waals surface area contributed by atoms with Crippen molar-refractivity contribution in [1.82, 2.24) is 9.88 Å². The van der Waals surface area contributed by atoms with Crippen LogP contribution < -0.4 is 9.64 Å². The second kappa shape index (κ2) is 9.88. The van der Waals surface area contributed by atoms with Crippen LogP contribution in [0.15, 0.2) is 30.5 Å². The number of ether oxygens (including phenoxy) is 2. The van der Waals surface area contributed by atoms with Crippen molar-refractivity contribution < 1.29 is 36.6 Å². The first-order valence-corrected chi connectivity index (χ1v) is 11.3. The van der Waals surface area contributed by atoms with Gasteiger partial charge in [-0.2, -0.15) is 13.2 Å². The Balaban J connectivity index is 1.35. The van der Waals surface area contributed by atoms with Gasteiger partial charge in [-0.05, 0) is 37.1 Å². The highest BCUT2D eigenvalue weighted by Crippen LogP contribution is 2.35. The number of anilines is 1. The van der Waals surface area contributed by atoms with Crippen molar-refractivity contribution in [3.63, 3.8) is 0 Å². The lowest BCUT2D eigenvalue weighted by molar-refractivity contribution is -0.138. The normalized spacial score (nSPS) is 19.3. The van der Waals surface area contributed by atoms with E-state index in [1.165, 1.54) is 19.2 Å². The van der Waals surface area contributed by atoms with Crippen LogP contribution in [0.3, 0.4) is 0 Å². The van der Waals surface area contributed by atoms with Gasteiger partial charge in [0.15, 0.2) is 17.7 Å². The summed E-state index contributed by atoms with van der Waals surface area (Å²) in [5.41, 5.74) is -0.877. The highest BCUT2D eigenvalue weighted by atomic mass is 35.5. The number of amides is 1. The first kappa shape index (κ1) is 25.0. The monoisotopic (exact) mass is 515 g/mol. The summed E-state index contributed by atoms with van der Waals surface area (Å²) in [6.07, 6.45) is -3.10. The molecule has 1 aromatic heterocycles. The molecule has 0 aliphatic carbocycles. The predicted octanol–water partition coefficient (Wildman–Crippen LogP) is 4.33. The third kappa shape index (κ3) is 5.29. The molecule has 0 N–H and O–H groups in total. The number of pyridine rings is 1. The molecule has 0 radical (unpaired) electrons. The molecular formula is C23H22ClF4N3O4. The van der Waals surface area contributed by atoms with E-state index in [1.807, 2.05) is 0 Å². The summed E-state index contributed by atoms with van der Waals surface area (Å²) in [5.74, 6) is -1.56. The van der Waals surface area contributed by atoms with Crippen molar-refractivity contribution in [2.75, 3.05) is 31.6 Å². The number of aromatic nitrogens is 1. The molecule has 0 bridgehead atoms. The Bertz CT molecular complexity index is 1120. The van der Waals surface area contributed by atoms with Crippen molar-refractivity contribution >= 4 is 29.3 Å². The van der Waals surface area contributed by atoms with Crippen molar-refractivity contribution in [1.29, 1.82) is 0 Å². The van der Waals surface area contributed by atoms with Gasteiger partial charge < -0.3 is 19.3 Å². The fourth-order valence-corrected chi connectivity index (χ4v) is 4.63. The number of rotatable bonds is 5. The molecule has 0 spiro atoms. The van der Waals surface area contributed by atoms with Crippen LogP contribution >= 0.6 is 11.6 Å². The Kier molecular flexibility index (Phi) is 7.07. The van der Waals surface area contributed by atoms with Crippen LogP contribution in [-0.4, -0.2) is 60.7 Å². The van der Waals surface area contributed by atoms with Crippen LogP contribution in [0.2, 0.25) is 5.02 Å². The Morgan fingerprint density at radius 1 is 1.14 bits per heavy atom.